The number of benzene rings is 3. The van der Waals surface area contributed by atoms with Crippen LogP contribution in [0.25, 0.3) is 11.1 Å². The van der Waals surface area contributed by atoms with Crippen LogP contribution in [0.5, 0.6) is 5.75 Å². The molecule has 8 heteroatoms. The van der Waals surface area contributed by atoms with Crippen molar-refractivity contribution in [1.82, 2.24) is 9.80 Å². The van der Waals surface area contributed by atoms with Gasteiger partial charge in [0.05, 0.1) is 24.9 Å². The van der Waals surface area contributed by atoms with E-state index in [1.807, 2.05) is 30.3 Å². The maximum Gasteiger partial charge on any atom is 0.256 e. The van der Waals surface area contributed by atoms with E-state index in [1.165, 1.54) is 34.1 Å². The molecule has 0 aromatic heterocycles. The summed E-state index contributed by atoms with van der Waals surface area (Å²) in [5.74, 6) is -0.777. The molecule has 0 unspecified atom stereocenters. The largest absolute Gasteiger partial charge is 0.497 e. The summed E-state index contributed by atoms with van der Waals surface area (Å²) in [6.07, 6.45) is 0. The van der Waals surface area contributed by atoms with Gasteiger partial charge < -0.3 is 19.9 Å². The van der Waals surface area contributed by atoms with E-state index in [2.05, 4.69) is 5.32 Å². The second kappa shape index (κ2) is 8.62. The predicted octanol–water partition coefficient (Wildman–Crippen LogP) is 3.42. The van der Waals surface area contributed by atoms with Gasteiger partial charge in [-0.1, -0.05) is 24.3 Å². The van der Waals surface area contributed by atoms with E-state index in [9.17, 15) is 18.8 Å². The van der Waals surface area contributed by atoms with Gasteiger partial charge in [-0.2, -0.15) is 0 Å². The molecule has 0 aliphatic carbocycles. The first-order valence-corrected chi connectivity index (χ1v) is 10.9. The van der Waals surface area contributed by atoms with Crippen LogP contribution in [0.3, 0.4) is 0 Å². The smallest absolute Gasteiger partial charge is 0.256 e. The molecule has 0 spiro atoms. The second-order valence-corrected chi connectivity index (χ2v) is 8.25. The monoisotopic (exact) mass is 459 g/mol. The third-order valence-electron chi connectivity index (χ3n) is 6.23. The minimum absolute atomic E-state index is 0.0340. The highest BCUT2D eigenvalue weighted by atomic mass is 19.1. The average Bonchev–Trinajstić information content (AvgIpc) is 2.97. The summed E-state index contributed by atoms with van der Waals surface area (Å²) < 4.78 is 18.8. The van der Waals surface area contributed by atoms with Crippen molar-refractivity contribution in [3.05, 3.63) is 83.7 Å². The van der Waals surface area contributed by atoms with Gasteiger partial charge in [0, 0.05) is 18.7 Å². The minimum Gasteiger partial charge on any atom is -0.497 e. The summed E-state index contributed by atoms with van der Waals surface area (Å²) in [7, 11) is 1.60. The third-order valence-corrected chi connectivity index (χ3v) is 6.23. The molecule has 34 heavy (non-hydrogen) atoms. The number of methoxy groups -OCH3 is 1. The highest BCUT2D eigenvalue weighted by molar-refractivity contribution is 6.11. The van der Waals surface area contributed by atoms with Crippen LogP contribution in [0.1, 0.15) is 20.7 Å². The van der Waals surface area contributed by atoms with Crippen LogP contribution in [0, 0.1) is 5.82 Å². The third kappa shape index (κ3) is 3.87. The summed E-state index contributed by atoms with van der Waals surface area (Å²) in [6, 6.07) is 17.4. The molecule has 3 aromatic carbocycles. The summed E-state index contributed by atoms with van der Waals surface area (Å²) in [5, 5.41) is 2.84. The van der Waals surface area contributed by atoms with Crippen LogP contribution in [0.2, 0.25) is 0 Å². The zero-order valence-corrected chi connectivity index (χ0v) is 18.5. The van der Waals surface area contributed by atoms with Crippen LogP contribution in [0.4, 0.5) is 10.1 Å². The normalized spacial score (nSPS) is 17.4. The van der Waals surface area contributed by atoms with Gasteiger partial charge in [-0.25, -0.2) is 4.39 Å². The lowest BCUT2D eigenvalue weighted by molar-refractivity contribution is -0.121. The lowest BCUT2D eigenvalue weighted by Crippen LogP contribution is -2.59. The average molecular weight is 459 g/mol. The van der Waals surface area contributed by atoms with Crippen molar-refractivity contribution in [2.75, 3.05) is 32.1 Å². The number of carbonyl (C=O) groups excluding carboxylic acids is 3. The van der Waals surface area contributed by atoms with Crippen molar-refractivity contribution >= 4 is 23.4 Å². The number of nitrogens with zero attached hydrogens (tertiary/aromatic N) is 2. The number of hydrogen-bond acceptors (Lipinski definition) is 4. The number of anilines is 1. The number of halogens is 1. The zero-order valence-electron chi connectivity index (χ0n) is 18.5. The first-order chi connectivity index (χ1) is 16.4. The Balaban J connectivity index is 1.41. The molecule has 0 saturated carbocycles. The highest BCUT2D eigenvalue weighted by Crippen LogP contribution is 2.31. The molecule has 1 saturated heterocycles. The van der Waals surface area contributed by atoms with E-state index < -0.39 is 11.9 Å². The Labute approximate surface area is 195 Å². The van der Waals surface area contributed by atoms with Gasteiger partial charge in [0.25, 0.3) is 11.8 Å². The van der Waals surface area contributed by atoms with Crippen LogP contribution in [0.15, 0.2) is 66.7 Å². The van der Waals surface area contributed by atoms with Crippen molar-refractivity contribution in [3.8, 4) is 16.9 Å². The van der Waals surface area contributed by atoms with Gasteiger partial charge in [-0.05, 0) is 53.6 Å². The molecule has 5 rings (SSSR count). The van der Waals surface area contributed by atoms with Crippen LogP contribution >= 0.6 is 0 Å². The van der Waals surface area contributed by atoms with Gasteiger partial charge in [-0.3, -0.25) is 14.4 Å². The molecule has 3 aromatic rings. The Morgan fingerprint density at radius 3 is 2.50 bits per heavy atom. The molecular weight excluding hydrogens is 437 g/mol. The van der Waals surface area contributed by atoms with Crippen molar-refractivity contribution < 1.29 is 23.5 Å². The summed E-state index contributed by atoms with van der Waals surface area (Å²) in [6.45, 7) is 0.481. The molecule has 0 radical (unpaired) electrons. The van der Waals surface area contributed by atoms with Crippen molar-refractivity contribution in [3.63, 3.8) is 0 Å². The van der Waals surface area contributed by atoms with Gasteiger partial charge >= 0.3 is 0 Å². The Morgan fingerprint density at radius 2 is 1.76 bits per heavy atom. The number of ether oxygens (including phenoxy) is 1. The second-order valence-electron chi connectivity index (χ2n) is 8.25. The number of nitrogens with one attached hydrogen (secondary N) is 1. The number of carbonyl (C=O) groups is 3. The van der Waals surface area contributed by atoms with E-state index in [4.69, 9.17) is 4.74 Å². The van der Waals surface area contributed by atoms with Crippen LogP contribution in [-0.2, 0) is 4.79 Å². The van der Waals surface area contributed by atoms with Gasteiger partial charge in [-0.15, -0.1) is 0 Å². The molecule has 0 bridgehead atoms. The van der Waals surface area contributed by atoms with Gasteiger partial charge in [0.15, 0.2) is 0 Å². The Hall–Kier alpha value is -4.20. The predicted molar refractivity (Wildman–Crippen MR) is 124 cm³/mol. The van der Waals surface area contributed by atoms with Crippen molar-refractivity contribution in [2.24, 2.45) is 0 Å². The summed E-state index contributed by atoms with van der Waals surface area (Å²) in [4.78, 5) is 42.4. The molecule has 2 aliphatic rings. The maximum absolute atomic E-state index is 13.6. The van der Waals surface area contributed by atoms with E-state index in [-0.39, 0.29) is 42.9 Å². The van der Waals surface area contributed by atoms with Gasteiger partial charge in [0.1, 0.15) is 17.6 Å². The highest BCUT2D eigenvalue weighted by Gasteiger charge is 2.40. The molecule has 1 fully saturated rings. The number of hydrogen-bond donors (Lipinski definition) is 1. The van der Waals surface area contributed by atoms with E-state index in [1.54, 1.807) is 19.2 Å². The maximum atomic E-state index is 13.6. The molecule has 3 amide bonds. The quantitative estimate of drug-likeness (QED) is 0.651. The first-order valence-electron chi connectivity index (χ1n) is 10.9. The molecule has 2 heterocycles. The van der Waals surface area contributed by atoms with Crippen molar-refractivity contribution in [2.45, 2.75) is 6.04 Å². The van der Waals surface area contributed by atoms with Crippen LogP contribution < -0.4 is 10.1 Å². The minimum atomic E-state index is -0.837. The topological polar surface area (TPSA) is 79.0 Å². The fourth-order valence-electron chi connectivity index (χ4n) is 4.40. The van der Waals surface area contributed by atoms with Crippen molar-refractivity contribution in [1.29, 1.82) is 0 Å². The summed E-state index contributed by atoms with van der Waals surface area (Å²) >= 11 is 0. The lowest BCUT2D eigenvalue weighted by Gasteiger charge is -2.39. The van der Waals surface area contributed by atoms with E-state index in [0.29, 0.717) is 11.3 Å². The number of fused-ring (bicyclic) bond motifs is 2. The van der Waals surface area contributed by atoms with E-state index >= 15 is 0 Å². The molecule has 7 nitrogen and oxygen atoms in total. The molecule has 172 valence electrons. The lowest BCUT2D eigenvalue weighted by atomic mass is 10.0. The SMILES string of the molecule is COc1ccc(-c2ccc3c(c2)C(=O)N2CCN(C(=O)c4cccc(F)c4)C[C@@H]2C(=O)N3)cc1. The Bertz CT molecular complexity index is 1290. The first kappa shape index (κ1) is 21.6. The Morgan fingerprint density at radius 1 is 1.00 bits per heavy atom. The van der Waals surface area contributed by atoms with Gasteiger partial charge in [0.2, 0.25) is 5.91 Å². The molecule has 2 aliphatic heterocycles. The fraction of sp³-hybridized carbons (Fsp3) is 0.192. The van der Waals surface area contributed by atoms with E-state index in [0.717, 1.165) is 16.9 Å². The molecule has 1 N–H and O–H groups in total. The van der Waals surface area contributed by atoms with Crippen LogP contribution in [-0.4, -0.2) is 60.3 Å². The number of amides is 3. The standard InChI is InChI=1S/C26H22FN3O4/c1-34-20-8-5-16(6-9-20)17-7-10-22-21(14-17)26(33)30-12-11-29(15-23(30)24(31)28-22)25(32)18-3-2-4-19(27)13-18/h2-10,13-14,23H,11-12,15H2,1H3,(H,28,31)/t23-/m1/s1. The zero-order chi connectivity index (χ0) is 23.8. The molecule has 1 atom stereocenters. The Kier molecular flexibility index (Phi) is 5.49. The number of rotatable bonds is 3. The number of piperazine rings is 1. The molecular formula is C26H22FN3O4. The fourth-order valence-corrected chi connectivity index (χ4v) is 4.40. The summed E-state index contributed by atoms with van der Waals surface area (Å²) in [5.41, 5.74) is 2.79.